The van der Waals surface area contributed by atoms with Crippen LogP contribution in [0.1, 0.15) is 44.2 Å². The molecule has 1 nitrogen and oxygen atoms in total. The molecule has 3 unspecified atom stereocenters. The van der Waals surface area contributed by atoms with Gasteiger partial charge in [-0.05, 0) is 30.7 Å². The highest BCUT2D eigenvalue weighted by Crippen LogP contribution is 2.36. The Kier molecular flexibility index (Phi) is 3.77. The summed E-state index contributed by atoms with van der Waals surface area (Å²) in [5, 5.41) is 0. The second kappa shape index (κ2) is 5.13. The Morgan fingerprint density at radius 2 is 2.06 bits per heavy atom. The van der Waals surface area contributed by atoms with Crippen molar-refractivity contribution in [2.24, 2.45) is 17.6 Å². The van der Waals surface area contributed by atoms with Crippen molar-refractivity contribution >= 4 is 0 Å². The largest absolute Gasteiger partial charge is 0.324 e. The molecule has 17 heavy (non-hydrogen) atoms. The summed E-state index contributed by atoms with van der Waals surface area (Å²) in [7, 11) is 0. The molecule has 2 rings (SSSR count). The van der Waals surface area contributed by atoms with Crippen molar-refractivity contribution in [1.29, 1.82) is 0 Å². The van der Waals surface area contributed by atoms with Crippen LogP contribution in [0.5, 0.6) is 0 Å². The Balaban J connectivity index is 2.15. The molecule has 1 aromatic rings. The molecule has 1 fully saturated rings. The lowest BCUT2D eigenvalue weighted by molar-refractivity contribution is 0.245. The van der Waals surface area contributed by atoms with Crippen LogP contribution < -0.4 is 5.73 Å². The Morgan fingerprint density at radius 1 is 1.29 bits per heavy atom. The Labute approximate surface area is 101 Å². The predicted octanol–water partition coefficient (Wildman–Crippen LogP) is 3.79. The van der Waals surface area contributed by atoms with Gasteiger partial charge in [-0.1, -0.05) is 25.8 Å². The number of halogens is 2. The van der Waals surface area contributed by atoms with Gasteiger partial charge in [-0.3, -0.25) is 0 Å². The number of benzene rings is 1. The summed E-state index contributed by atoms with van der Waals surface area (Å²) in [6.07, 6.45) is 4.47. The molecule has 2 N–H and O–H groups in total. The van der Waals surface area contributed by atoms with Gasteiger partial charge in [0.05, 0.1) is 0 Å². The molecule has 0 radical (unpaired) electrons. The van der Waals surface area contributed by atoms with Crippen molar-refractivity contribution in [3.8, 4) is 0 Å². The number of nitrogens with two attached hydrogens (primary N) is 1. The van der Waals surface area contributed by atoms with E-state index < -0.39 is 11.6 Å². The van der Waals surface area contributed by atoms with E-state index in [1.807, 2.05) is 0 Å². The first-order chi connectivity index (χ1) is 8.08. The average molecular weight is 239 g/mol. The van der Waals surface area contributed by atoms with Gasteiger partial charge in [-0.2, -0.15) is 0 Å². The maximum absolute atomic E-state index is 13.6. The molecular formula is C14H19F2N. The van der Waals surface area contributed by atoms with Crippen LogP contribution >= 0.6 is 0 Å². The van der Waals surface area contributed by atoms with Crippen LogP contribution in [0, 0.1) is 23.5 Å². The lowest BCUT2D eigenvalue weighted by Crippen LogP contribution is -2.27. The van der Waals surface area contributed by atoms with E-state index in [-0.39, 0.29) is 6.04 Å². The van der Waals surface area contributed by atoms with Crippen molar-refractivity contribution in [3.63, 3.8) is 0 Å². The number of hydrogen-bond acceptors (Lipinski definition) is 1. The third-order valence-corrected chi connectivity index (χ3v) is 3.81. The molecule has 3 atom stereocenters. The second-order valence-electron chi connectivity index (χ2n) is 5.22. The van der Waals surface area contributed by atoms with E-state index in [0.717, 1.165) is 25.3 Å². The predicted molar refractivity (Wildman–Crippen MR) is 64.4 cm³/mol. The molecule has 3 heteroatoms. The monoisotopic (exact) mass is 239 g/mol. The summed E-state index contributed by atoms with van der Waals surface area (Å²) in [5.41, 5.74) is 6.57. The van der Waals surface area contributed by atoms with Crippen molar-refractivity contribution in [2.45, 2.75) is 38.6 Å². The Morgan fingerprint density at radius 3 is 2.71 bits per heavy atom. The standard InChI is InChI=1S/C14H19F2N/c1-9-3-2-4-10(7-9)14(17)12-6-5-11(15)8-13(12)16/h5-6,8-10,14H,2-4,7,17H2,1H3. The topological polar surface area (TPSA) is 26.0 Å². The molecule has 0 aliphatic heterocycles. The van der Waals surface area contributed by atoms with Crippen LogP contribution in [0.25, 0.3) is 0 Å². The molecule has 94 valence electrons. The highest BCUT2D eigenvalue weighted by atomic mass is 19.1. The summed E-state index contributed by atoms with van der Waals surface area (Å²) in [6, 6.07) is 3.37. The highest BCUT2D eigenvalue weighted by molar-refractivity contribution is 5.22. The average Bonchev–Trinajstić information content (AvgIpc) is 2.28. The normalized spacial score (nSPS) is 26.8. The lowest BCUT2D eigenvalue weighted by atomic mass is 9.77. The zero-order valence-corrected chi connectivity index (χ0v) is 10.1. The first kappa shape index (κ1) is 12.5. The minimum absolute atomic E-state index is 0.307. The third kappa shape index (κ3) is 2.83. The zero-order valence-electron chi connectivity index (χ0n) is 10.1. The van der Waals surface area contributed by atoms with Gasteiger partial charge in [0, 0.05) is 17.7 Å². The maximum atomic E-state index is 13.6. The van der Waals surface area contributed by atoms with E-state index in [0.29, 0.717) is 17.4 Å². The molecule has 0 spiro atoms. The summed E-state index contributed by atoms with van der Waals surface area (Å²) < 4.78 is 26.5. The fraction of sp³-hybridized carbons (Fsp3) is 0.571. The summed E-state index contributed by atoms with van der Waals surface area (Å²) in [4.78, 5) is 0. The lowest BCUT2D eigenvalue weighted by Gasteiger charge is -2.31. The minimum atomic E-state index is -0.546. The zero-order chi connectivity index (χ0) is 12.4. The van der Waals surface area contributed by atoms with Crippen LogP contribution in [0.4, 0.5) is 8.78 Å². The molecule has 0 aromatic heterocycles. The fourth-order valence-electron chi connectivity index (χ4n) is 2.83. The van der Waals surface area contributed by atoms with Crippen molar-refractivity contribution in [2.75, 3.05) is 0 Å². The molecule has 1 aliphatic carbocycles. The van der Waals surface area contributed by atoms with Gasteiger partial charge in [0.1, 0.15) is 11.6 Å². The van der Waals surface area contributed by atoms with Crippen molar-refractivity contribution in [1.82, 2.24) is 0 Å². The molecule has 1 aromatic carbocycles. The summed E-state index contributed by atoms with van der Waals surface area (Å²) >= 11 is 0. The highest BCUT2D eigenvalue weighted by Gasteiger charge is 2.26. The van der Waals surface area contributed by atoms with E-state index in [1.54, 1.807) is 0 Å². The fourth-order valence-corrected chi connectivity index (χ4v) is 2.83. The van der Waals surface area contributed by atoms with Gasteiger partial charge in [-0.15, -0.1) is 0 Å². The second-order valence-corrected chi connectivity index (χ2v) is 5.22. The molecule has 0 amide bonds. The van der Waals surface area contributed by atoms with Crippen molar-refractivity contribution in [3.05, 3.63) is 35.4 Å². The molecule has 1 aliphatic rings. The Bertz CT molecular complexity index is 392. The van der Waals surface area contributed by atoms with Crippen LogP contribution in [0.15, 0.2) is 18.2 Å². The van der Waals surface area contributed by atoms with Crippen molar-refractivity contribution < 1.29 is 8.78 Å². The molecular weight excluding hydrogens is 220 g/mol. The summed E-state index contributed by atoms with van der Waals surface area (Å²) in [6.45, 7) is 2.21. The first-order valence-electron chi connectivity index (χ1n) is 6.28. The van der Waals surface area contributed by atoms with E-state index in [2.05, 4.69) is 6.92 Å². The van der Waals surface area contributed by atoms with E-state index >= 15 is 0 Å². The van der Waals surface area contributed by atoms with Crippen LogP contribution in [0.2, 0.25) is 0 Å². The third-order valence-electron chi connectivity index (χ3n) is 3.81. The SMILES string of the molecule is CC1CCCC(C(N)c2ccc(F)cc2F)C1. The van der Waals surface area contributed by atoms with Gasteiger partial charge in [0.25, 0.3) is 0 Å². The smallest absolute Gasteiger partial charge is 0.130 e. The molecule has 0 saturated heterocycles. The number of rotatable bonds is 2. The quantitative estimate of drug-likeness (QED) is 0.834. The van der Waals surface area contributed by atoms with Gasteiger partial charge < -0.3 is 5.73 Å². The van der Waals surface area contributed by atoms with E-state index in [1.165, 1.54) is 18.6 Å². The van der Waals surface area contributed by atoms with Gasteiger partial charge >= 0.3 is 0 Å². The van der Waals surface area contributed by atoms with Gasteiger partial charge in [0.15, 0.2) is 0 Å². The van der Waals surface area contributed by atoms with Gasteiger partial charge in [0.2, 0.25) is 0 Å². The molecule has 0 bridgehead atoms. The van der Waals surface area contributed by atoms with Gasteiger partial charge in [-0.25, -0.2) is 8.78 Å². The van der Waals surface area contributed by atoms with E-state index in [4.69, 9.17) is 5.73 Å². The maximum Gasteiger partial charge on any atom is 0.130 e. The van der Waals surface area contributed by atoms with Crippen LogP contribution in [-0.2, 0) is 0 Å². The first-order valence-corrected chi connectivity index (χ1v) is 6.28. The van der Waals surface area contributed by atoms with E-state index in [9.17, 15) is 8.78 Å². The minimum Gasteiger partial charge on any atom is -0.324 e. The summed E-state index contributed by atoms with van der Waals surface area (Å²) in [5.74, 6) is -0.0896. The molecule has 0 heterocycles. The Hall–Kier alpha value is -0.960. The molecule has 1 saturated carbocycles. The number of hydrogen-bond donors (Lipinski definition) is 1. The van der Waals surface area contributed by atoms with Crippen LogP contribution in [0.3, 0.4) is 0 Å². The van der Waals surface area contributed by atoms with Crippen LogP contribution in [-0.4, -0.2) is 0 Å².